The Morgan fingerprint density at radius 3 is 2.50 bits per heavy atom. The molecule has 0 aliphatic carbocycles. The average Bonchev–Trinajstić information content (AvgIpc) is 2.26. The van der Waals surface area contributed by atoms with Crippen LogP contribution in [0.2, 0.25) is 0 Å². The predicted octanol–water partition coefficient (Wildman–Crippen LogP) is 1.67. The van der Waals surface area contributed by atoms with Crippen LogP contribution in [0.4, 0.5) is 0 Å². The zero-order valence-corrected chi connectivity index (χ0v) is 10.7. The SMILES string of the molecule is COc1c(C)c(C)cc(C)c1CNCCN. The van der Waals surface area contributed by atoms with Crippen molar-refractivity contribution in [3.63, 3.8) is 0 Å². The molecule has 1 aromatic rings. The van der Waals surface area contributed by atoms with E-state index in [1.165, 1.54) is 22.3 Å². The highest BCUT2D eigenvalue weighted by Crippen LogP contribution is 2.29. The maximum atomic E-state index is 5.50. The molecule has 1 aromatic carbocycles. The standard InChI is InChI=1S/C13H22N2O/c1-9-7-10(2)12(8-15-6-5-14)13(16-4)11(9)3/h7,15H,5-6,8,14H2,1-4H3. The van der Waals surface area contributed by atoms with Crippen LogP contribution in [0.15, 0.2) is 6.07 Å². The molecule has 0 saturated heterocycles. The summed E-state index contributed by atoms with van der Waals surface area (Å²) in [6.07, 6.45) is 0. The van der Waals surface area contributed by atoms with Crippen LogP contribution in [0, 0.1) is 20.8 Å². The van der Waals surface area contributed by atoms with Crippen molar-refractivity contribution in [3.05, 3.63) is 28.3 Å². The Kier molecular flexibility index (Phi) is 4.77. The topological polar surface area (TPSA) is 47.3 Å². The molecule has 0 aromatic heterocycles. The number of nitrogens with one attached hydrogen (secondary N) is 1. The lowest BCUT2D eigenvalue weighted by Gasteiger charge is -2.17. The molecule has 0 radical (unpaired) electrons. The van der Waals surface area contributed by atoms with Gasteiger partial charge in [0.2, 0.25) is 0 Å². The van der Waals surface area contributed by atoms with Gasteiger partial charge in [-0.3, -0.25) is 0 Å². The van der Waals surface area contributed by atoms with Gasteiger partial charge in [0.1, 0.15) is 5.75 Å². The zero-order valence-electron chi connectivity index (χ0n) is 10.7. The first-order valence-corrected chi connectivity index (χ1v) is 5.66. The fraction of sp³-hybridized carbons (Fsp3) is 0.538. The van der Waals surface area contributed by atoms with Crippen LogP contribution in [-0.4, -0.2) is 20.2 Å². The van der Waals surface area contributed by atoms with Crippen LogP contribution in [0.1, 0.15) is 22.3 Å². The second-order valence-corrected chi connectivity index (χ2v) is 4.11. The van der Waals surface area contributed by atoms with Gasteiger partial charge in [-0.05, 0) is 37.5 Å². The second kappa shape index (κ2) is 5.87. The zero-order chi connectivity index (χ0) is 12.1. The van der Waals surface area contributed by atoms with Crippen LogP contribution in [-0.2, 0) is 6.54 Å². The van der Waals surface area contributed by atoms with Gasteiger partial charge in [0.05, 0.1) is 7.11 Å². The van der Waals surface area contributed by atoms with Gasteiger partial charge in [-0.15, -0.1) is 0 Å². The van der Waals surface area contributed by atoms with E-state index < -0.39 is 0 Å². The highest BCUT2D eigenvalue weighted by atomic mass is 16.5. The van der Waals surface area contributed by atoms with E-state index >= 15 is 0 Å². The van der Waals surface area contributed by atoms with Crippen molar-refractivity contribution in [1.29, 1.82) is 0 Å². The minimum absolute atomic E-state index is 0.659. The largest absolute Gasteiger partial charge is 0.496 e. The summed E-state index contributed by atoms with van der Waals surface area (Å²) in [7, 11) is 1.73. The number of hydrogen-bond acceptors (Lipinski definition) is 3. The monoisotopic (exact) mass is 222 g/mol. The maximum Gasteiger partial charge on any atom is 0.126 e. The van der Waals surface area contributed by atoms with Gasteiger partial charge in [-0.2, -0.15) is 0 Å². The van der Waals surface area contributed by atoms with Crippen LogP contribution < -0.4 is 15.8 Å². The van der Waals surface area contributed by atoms with E-state index in [9.17, 15) is 0 Å². The van der Waals surface area contributed by atoms with E-state index in [1.54, 1.807) is 7.11 Å². The summed E-state index contributed by atoms with van der Waals surface area (Å²) in [6, 6.07) is 2.21. The first kappa shape index (κ1) is 13.0. The Labute approximate surface area is 98.0 Å². The maximum absolute atomic E-state index is 5.50. The van der Waals surface area contributed by atoms with Gasteiger partial charge in [-0.25, -0.2) is 0 Å². The fourth-order valence-corrected chi connectivity index (χ4v) is 1.92. The van der Waals surface area contributed by atoms with Crippen LogP contribution in [0.3, 0.4) is 0 Å². The molecular weight excluding hydrogens is 200 g/mol. The van der Waals surface area contributed by atoms with E-state index in [0.717, 1.165) is 18.8 Å². The quantitative estimate of drug-likeness (QED) is 0.745. The highest BCUT2D eigenvalue weighted by molar-refractivity contribution is 5.49. The lowest BCUT2D eigenvalue weighted by Crippen LogP contribution is -2.22. The molecule has 3 heteroatoms. The Morgan fingerprint density at radius 2 is 1.94 bits per heavy atom. The molecule has 16 heavy (non-hydrogen) atoms. The van der Waals surface area contributed by atoms with E-state index in [2.05, 4.69) is 32.2 Å². The Bertz CT molecular complexity index is 361. The van der Waals surface area contributed by atoms with E-state index in [4.69, 9.17) is 10.5 Å². The minimum atomic E-state index is 0.659. The van der Waals surface area contributed by atoms with Crippen molar-refractivity contribution in [2.24, 2.45) is 5.73 Å². The summed E-state index contributed by atoms with van der Waals surface area (Å²) in [5, 5.41) is 3.31. The molecule has 0 fully saturated rings. The third kappa shape index (κ3) is 2.74. The van der Waals surface area contributed by atoms with Gasteiger partial charge in [0.15, 0.2) is 0 Å². The second-order valence-electron chi connectivity index (χ2n) is 4.11. The molecule has 0 amide bonds. The molecule has 90 valence electrons. The Balaban J connectivity index is 3.01. The molecule has 3 N–H and O–H groups in total. The molecule has 0 bridgehead atoms. The minimum Gasteiger partial charge on any atom is -0.496 e. The molecule has 0 saturated carbocycles. The summed E-state index contributed by atoms with van der Waals surface area (Å²) < 4.78 is 5.50. The van der Waals surface area contributed by atoms with Gasteiger partial charge < -0.3 is 15.8 Å². The lowest BCUT2D eigenvalue weighted by atomic mass is 9.99. The van der Waals surface area contributed by atoms with Crippen molar-refractivity contribution < 1.29 is 4.74 Å². The molecular formula is C13H22N2O. The fourth-order valence-electron chi connectivity index (χ4n) is 1.92. The molecule has 0 aliphatic rings. The number of nitrogens with two attached hydrogens (primary N) is 1. The Hall–Kier alpha value is -1.06. The number of hydrogen-bond donors (Lipinski definition) is 2. The van der Waals surface area contributed by atoms with Crippen LogP contribution in [0.25, 0.3) is 0 Å². The number of benzene rings is 1. The first-order valence-electron chi connectivity index (χ1n) is 5.66. The normalized spacial score (nSPS) is 10.6. The van der Waals surface area contributed by atoms with Crippen molar-refractivity contribution in [2.45, 2.75) is 27.3 Å². The molecule has 3 nitrogen and oxygen atoms in total. The molecule has 0 heterocycles. The third-order valence-electron chi connectivity index (χ3n) is 2.94. The summed E-state index contributed by atoms with van der Waals surface area (Å²) in [4.78, 5) is 0. The number of ether oxygens (including phenoxy) is 1. The van der Waals surface area contributed by atoms with Crippen LogP contribution >= 0.6 is 0 Å². The average molecular weight is 222 g/mol. The summed E-state index contributed by atoms with van der Waals surface area (Å²) in [5.74, 6) is 1.00. The third-order valence-corrected chi connectivity index (χ3v) is 2.94. The van der Waals surface area contributed by atoms with Crippen molar-refractivity contribution in [1.82, 2.24) is 5.32 Å². The van der Waals surface area contributed by atoms with Gasteiger partial charge in [-0.1, -0.05) is 6.07 Å². The van der Waals surface area contributed by atoms with Gasteiger partial charge in [0, 0.05) is 25.2 Å². The molecule has 0 unspecified atom stereocenters. The number of methoxy groups -OCH3 is 1. The van der Waals surface area contributed by atoms with Crippen molar-refractivity contribution in [3.8, 4) is 5.75 Å². The predicted molar refractivity (Wildman–Crippen MR) is 68.0 cm³/mol. The van der Waals surface area contributed by atoms with Crippen LogP contribution in [0.5, 0.6) is 5.75 Å². The number of aryl methyl sites for hydroxylation is 2. The smallest absolute Gasteiger partial charge is 0.126 e. The number of rotatable bonds is 5. The summed E-state index contributed by atoms with van der Waals surface area (Å²) in [6.45, 7) is 8.63. The Morgan fingerprint density at radius 1 is 1.25 bits per heavy atom. The highest BCUT2D eigenvalue weighted by Gasteiger charge is 2.11. The van der Waals surface area contributed by atoms with E-state index in [1.807, 2.05) is 0 Å². The van der Waals surface area contributed by atoms with Gasteiger partial charge >= 0.3 is 0 Å². The molecule has 0 atom stereocenters. The van der Waals surface area contributed by atoms with Crippen molar-refractivity contribution >= 4 is 0 Å². The molecule has 1 rings (SSSR count). The van der Waals surface area contributed by atoms with E-state index in [-0.39, 0.29) is 0 Å². The lowest BCUT2D eigenvalue weighted by molar-refractivity contribution is 0.403. The first-order chi connectivity index (χ1) is 7.61. The van der Waals surface area contributed by atoms with Crippen molar-refractivity contribution in [2.75, 3.05) is 20.2 Å². The molecule has 0 aliphatic heterocycles. The summed E-state index contributed by atoms with van der Waals surface area (Å²) in [5.41, 5.74) is 10.5. The van der Waals surface area contributed by atoms with Gasteiger partial charge in [0.25, 0.3) is 0 Å². The molecule has 0 spiro atoms. The summed E-state index contributed by atoms with van der Waals surface area (Å²) >= 11 is 0. The van der Waals surface area contributed by atoms with E-state index in [0.29, 0.717) is 6.54 Å².